The topological polar surface area (TPSA) is 97.0 Å². The number of aromatic amines is 1. The van der Waals surface area contributed by atoms with Gasteiger partial charge in [0, 0.05) is 24.4 Å². The number of benzene rings is 1. The number of aryl methyl sites for hydroxylation is 1. The average molecular weight is 384 g/mol. The molecule has 2 N–H and O–H groups in total. The Kier molecular flexibility index (Phi) is 7.17. The zero-order chi connectivity index (χ0) is 19.8. The van der Waals surface area contributed by atoms with E-state index in [0.29, 0.717) is 12.4 Å². The quantitative estimate of drug-likeness (QED) is 0.648. The molecule has 1 saturated carbocycles. The van der Waals surface area contributed by atoms with Gasteiger partial charge < -0.3 is 15.0 Å². The standard InChI is InChI=1S/C21H28N4O3/c1-2-3-14-28-17-10-8-15(9-11-17)20-23-21(27)18(24-25-20)12-13-19(26)22-16-6-4-5-7-16/h8-11,16H,2-7,12-14H2,1H3,(H,22,26)(H,23,25,27). The van der Waals surface area contributed by atoms with Gasteiger partial charge >= 0.3 is 0 Å². The predicted octanol–water partition coefficient (Wildman–Crippen LogP) is 3.00. The van der Waals surface area contributed by atoms with Crippen molar-refractivity contribution in [1.29, 1.82) is 0 Å². The Bertz CT molecular complexity index is 826. The number of nitrogens with zero attached hydrogens (tertiary/aromatic N) is 2. The van der Waals surface area contributed by atoms with Gasteiger partial charge in [-0.15, -0.1) is 10.2 Å². The van der Waals surface area contributed by atoms with Crippen LogP contribution in [0.15, 0.2) is 29.1 Å². The lowest BCUT2D eigenvalue weighted by atomic mass is 10.2. The smallest absolute Gasteiger partial charge is 0.273 e. The number of H-pyrrole nitrogens is 1. The number of carbonyl (C=O) groups excluding carboxylic acids is 1. The summed E-state index contributed by atoms with van der Waals surface area (Å²) in [6.45, 7) is 2.81. The van der Waals surface area contributed by atoms with Crippen molar-refractivity contribution >= 4 is 5.91 Å². The predicted molar refractivity (Wildman–Crippen MR) is 107 cm³/mol. The third-order valence-corrected chi connectivity index (χ3v) is 4.97. The van der Waals surface area contributed by atoms with Gasteiger partial charge in [0.05, 0.1) is 6.61 Å². The SMILES string of the molecule is CCCCOc1ccc(-c2nnc(CCC(=O)NC3CCCC3)c(=O)[nH]2)cc1. The van der Waals surface area contributed by atoms with Crippen molar-refractivity contribution in [2.24, 2.45) is 0 Å². The first-order valence-corrected chi connectivity index (χ1v) is 10.1. The molecule has 1 aliphatic rings. The molecular weight excluding hydrogens is 356 g/mol. The Morgan fingerprint density at radius 1 is 1.21 bits per heavy atom. The van der Waals surface area contributed by atoms with Crippen LogP contribution >= 0.6 is 0 Å². The summed E-state index contributed by atoms with van der Waals surface area (Å²) in [5.41, 5.74) is 0.741. The monoisotopic (exact) mass is 384 g/mol. The minimum absolute atomic E-state index is 0.0316. The number of hydrogen-bond acceptors (Lipinski definition) is 5. The van der Waals surface area contributed by atoms with Crippen LogP contribution in [0.5, 0.6) is 5.75 Å². The van der Waals surface area contributed by atoms with Crippen molar-refractivity contribution in [1.82, 2.24) is 20.5 Å². The number of carbonyl (C=O) groups is 1. The normalized spacial score (nSPS) is 14.2. The van der Waals surface area contributed by atoms with E-state index in [1.807, 2.05) is 24.3 Å². The van der Waals surface area contributed by atoms with Gasteiger partial charge in [-0.25, -0.2) is 0 Å². The number of rotatable bonds is 9. The van der Waals surface area contributed by atoms with Crippen LogP contribution in [-0.2, 0) is 11.2 Å². The minimum atomic E-state index is -0.304. The summed E-state index contributed by atoms with van der Waals surface area (Å²) in [6, 6.07) is 7.68. The number of aromatic nitrogens is 3. The van der Waals surface area contributed by atoms with Gasteiger partial charge in [0.15, 0.2) is 5.82 Å². The maximum Gasteiger partial charge on any atom is 0.273 e. The molecule has 7 nitrogen and oxygen atoms in total. The molecule has 0 bridgehead atoms. The zero-order valence-electron chi connectivity index (χ0n) is 16.4. The zero-order valence-corrected chi connectivity index (χ0v) is 16.4. The molecule has 150 valence electrons. The van der Waals surface area contributed by atoms with Gasteiger partial charge in [-0.1, -0.05) is 26.2 Å². The number of unbranched alkanes of at least 4 members (excludes halogenated alkanes) is 1. The molecule has 1 heterocycles. The summed E-state index contributed by atoms with van der Waals surface area (Å²) >= 11 is 0. The maximum atomic E-state index is 12.3. The Balaban J connectivity index is 1.55. The first-order chi connectivity index (χ1) is 13.7. The summed E-state index contributed by atoms with van der Waals surface area (Å²) in [5, 5.41) is 11.2. The largest absolute Gasteiger partial charge is 0.494 e. The number of hydrogen-bond donors (Lipinski definition) is 2. The molecule has 3 rings (SSSR count). The average Bonchev–Trinajstić information content (AvgIpc) is 3.21. The number of nitrogens with one attached hydrogen (secondary N) is 2. The van der Waals surface area contributed by atoms with E-state index in [1.165, 1.54) is 12.8 Å². The van der Waals surface area contributed by atoms with Crippen LogP contribution in [0.4, 0.5) is 0 Å². The Morgan fingerprint density at radius 2 is 1.96 bits per heavy atom. The van der Waals surface area contributed by atoms with E-state index < -0.39 is 0 Å². The summed E-state index contributed by atoms with van der Waals surface area (Å²) in [6.07, 6.45) is 7.06. The van der Waals surface area contributed by atoms with Crippen molar-refractivity contribution in [2.75, 3.05) is 6.61 Å². The lowest BCUT2D eigenvalue weighted by Gasteiger charge is -2.11. The van der Waals surface area contributed by atoms with Crippen molar-refractivity contribution < 1.29 is 9.53 Å². The molecule has 2 aromatic rings. The van der Waals surface area contributed by atoms with Crippen molar-refractivity contribution in [3.05, 3.63) is 40.3 Å². The summed E-state index contributed by atoms with van der Waals surface area (Å²) in [4.78, 5) is 27.1. The second-order valence-corrected chi connectivity index (χ2v) is 7.22. The van der Waals surface area contributed by atoms with Gasteiger partial charge in [-0.05, 0) is 43.5 Å². The highest BCUT2D eigenvalue weighted by Crippen LogP contribution is 2.19. The highest BCUT2D eigenvalue weighted by molar-refractivity contribution is 5.76. The van der Waals surface area contributed by atoms with Crippen LogP contribution in [0.1, 0.15) is 57.6 Å². The maximum absolute atomic E-state index is 12.3. The Hall–Kier alpha value is -2.70. The molecule has 0 saturated heterocycles. The first-order valence-electron chi connectivity index (χ1n) is 10.1. The minimum Gasteiger partial charge on any atom is -0.494 e. The van der Waals surface area contributed by atoms with Gasteiger partial charge in [0.1, 0.15) is 11.4 Å². The molecule has 0 aliphatic heterocycles. The van der Waals surface area contributed by atoms with Crippen molar-refractivity contribution in [3.8, 4) is 17.1 Å². The summed E-state index contributed by atoms with van der Waals surface area (Å²) < 4.78 is 5.64. The highest BCUT2D eigenvalue weighted by atomic mass is 16.5. The van der Waals surface area contributed by atoms with E-state index in [0.717, 1.165) is 37.0 Å². The molecule has 1 amide bonds. The fourth-order valence-electron chi connectivity index (χ4n) is 3.30. The second kappa shape index (κ2) is 10.0. The fraction of sp³-hybridized carbons (Fsp3) is 0.524. The van der Waals surface area contributed by atoms with Crippen LogP contribution in [0.2, 0.25) is 0 Å². The molecule has 1 aromatic carbocycles. The van der Waals surface area contributed by atoms with Crippen LogP contribution in [0, 0.1) is 0 Å². The molecule has 0 atom stereocenters. The molecule has 28 heavy (non-hydrogen) atoms. The van der Waals surface area contributed by atoms with Crippen LogP contribution in [-0.4, -0.2) is 33.7 Å². The number of amides is 1. The van der Waals surface area contributed by atoms with Crippen LogP contribution in [0.3, 0.4) is 0 Å². The van der Waals surface area contributed by atoms with E-state index in [1.54, 1.807) is 0 Å². The van der Waals surface area contributed by atoms with E-state index in [-0.39, 0.29) is 36.0 Å². The molecule has 1 aromatic heterocycles. The van der Waals surface area contributed by atoms with Gasteiger partial charge in [-0.2, -0.15) is 0 Å². The van der Waals surface area contributed by atoms with Gasteiger partial charge in [-0.3, -0.25) is 9.59 Å². The molecule has 1 aliphatic carbocycles. The van der Waals surface area contributed by atoms with Crippen molar-refractivity contribution in [3.63, 3.8) is 0 Å². The van der Waals surface area contributed by atoms with E-state index in [4.69, 9.17) is 4.74 Å². The lowest BCUT2D eigenvalue weighted by Crippen LogP contribution is -2.33. The van der Waals surface area contributed by atoms with Crippen LogP contribution in [0.25, 0.3) is 11.4 Å². The van der Waals surface area contributed by atoms with Crippen molar-refractivity contribution in [2.45, 2.75) is 64.3 Å². The molecule has 1 fully saturated rings. The fourth-order valence-corrected chi connectivity index (χ4v) is 3.30. The molecule has 7 heteroatoms. The lowest BCUT2D eigenvalue weighted by molar-refractivity contribution is -0.121. The van der Waals surface area contributed by atoms with Crippen LogP contribution < -0.4 is 15.6 Å². The number of ether oxygens (including phenoxy) is 1. The Labute approximate surface area is 164 Å². The summed E-state index contributed by atoms with van der Waals surface area (Å²) in [5.74, 6) is 1.16. The molecular formula is C21H28N4O3. The van der Waals surface area contributed by atoms with E-state index >= 15 is 0 Å². The third-order valence-electron chi connectivity index (χ3n) is 4.97. The van der Waals surface area contributed by atoms with Gasteiger partial charge in [0.25, 0.3) is 5.56 Å². The van der Waals surface area contributed by atoms with E-state index in [2.05, 4.69) is 27.4 Å². The molecule has 0 spiro atoms. The summed E-state index contributed by atoms with van der Waals surface area (Å²) in [7, 11) is 0. The molecule has 0 radical (unpaired) electrons. The van der Waals surface area contributed by atoms with E-state index in [9.17, 15) is 9.59 Å². The highest BCUT2D eigenvalue weighted by Gasteiger charge is 2.17. The second-order valence-electron chi connectivity index (χ2n) is 7.22. The van der Waals surface area contributed by atoms with Gasteiger partial charge in [0.2, 0.25) is 5.91 Å². The molecule has 0 unspecified atom stereocenters. The first kappa shape index (κ1) is 20.0. The third kappa shape index (κ3) is 5.65. The Morgan fingerprint density at radius 3 is 2.64 bits per heavy atom.